The minimum absolute atomic E-state index is 0.466. The average Bonchev–Trinajstić information content (AvgIpc) is 2.76. The topological polar surface area (TPSA) is 17.1 Å². The first-order valence-corrected chi connectivity index (χ1v) is 9.67. The minimum atomic E-state index is -0.929. The highest BCUT2D eigenvalue weighted by Gasteiger charge is 2.43. The number of hydrogen-bond acceptors (Lipinski definition) is 1. The van der Waals surface area contributed by atoms with Gasteiger partial charge in [0, 0.05) is 20.4 Å². The van der Waals surface area contributed by atoms with Gasteiger partial charge in [-0.05, 0) is 18.8 Å². The van der Waals surface area contributed by atoms with E-state index in [0.717, 1.165) is 25.2 Å². The maximum absolute atomic E-state index is 11.7. The smallest absolute Gasteiger partial charge is 0.136 e. The SMILES string of the molecule is CCCCC(=O)C1CC1C[Si](C)(C)C. The van der Waals surface area contributed by atoms with E-state index < -0.39 is 8.07 Å². The van der Waals surface area contributed by atoms with Gasteiger partial charge in [-0.25, -0.2) is 0 Å². The van der Waals surface area contributed by atoms with Crippen molar-refractivity contribution in [2.45, 2.75) is 58.3 Å². The molecule has 1 aliphatic rings. The van der Waals surface area contributed by atoms with Gasteiger partial charge < -0.3 is 0 Å². The molecule has 0 aromatic carbocycles. The highest BCUT2D eigenvalue weighted by atomic mass is 28.3. The maximum atomic E-state index is 11.7. The Kier molecular flexibility index (Phi) is 3.93. The molecule has 0 N–H and O–H groups in total. The highest BCUT2D eigenvalue weighted by Crippen LogP contribution is 2.45. The molecule has 0 spiro atoms. The lowest BCUT2D eigenvalue weighted by Gasteiger charge is -2.14. The van der Waals surface area contributed by atoms with Crippen molar-refractivity contribution < 1.29 is 4.79 Å². The van der Waals surface area contributed by atoms with E-state index in [1.54, 1.807) is 0 Å². The molecule has 0 bridgehead atoms. The monoisotopic (exact) mass is 212 g/mol. The van der Waals surface area contributed by atoms with Crippen LogP contribution in [0.4, 0.5) is 0 Å². The van der Waals surface area contributed by atoms with E-state index in [1.807, 2.05) is 0 Å². The van der Waals surface area contributed by atoms with Crippen LogP contribution in [0.25, 0.3) is 0 Å². The van der Waals surface area contributed by atoms with Crippen LogP contribution in [0.2, 0.25) is 25.7 Å². The molecule has 1 rings (SSSR count). The van der Waals surface area contributed by atoms with Crippen LogP contribution >= 0.6 is 0 Å². The molecule has 0 amide bonds. The zero-order valence-corrected chi connectivity index (χ0v) is 11.1. The van der Waals surface area contributed by atoms with E-state index in [9.17, 15) is 4.79 Å². The summed E-state index contributed by atoms with van der Waals surface area (Å²) in [5.74, 6) is 1.79. The van der Waals surface area contributed by atoms with Crippen LogP contribution in [0.15, 0.2) is 0 Å². The standard InChI is InChI=1S/C12H24OSi/c1-5-6-7-12(13)11-8-10(11)9-14(2,3)4/h10-11H,5-9H2,1-4H3. The quantitative estimate of drug-likeness (QED) is 0.613. The van der Waals surface area contributed by atoms with E-state index in [2.05, 4.69) is 26.6 Å². The van der Waals surface area contributed by atoms with Gasteiger partial charge in [-0.2, -0.15) is 0 Å². The third-order valence-electron chi connectivity index (χ3n) is 2.99. The molecule has 2 heteroatoms. The number of carbonyl (C=O) groups excluding carboxylic acids is 1. The van der Waals surface area contributed by atoms with Crippen molar-refractivity contribution in [2.75, 3.05) is 0 Å². The van der Waals surface area contributed by atoms with Crippen LogP contribution < -0.4 is 0 Å². The Hall–Kier alpha value is -0.113. The predicted octanol–water partition coefficient (Wildman–Crippen LogP) is 3.72. The summed E-state index contributed by atoms with van der Waals surface area (Å²) in [7, 11) is -0.929. The lowest BCUT2D eigenvalue weighted by Crippen LogP contribution is -2.20. The van der Waals surface area contributed by atoms with Gasteiger partial charge in [0.15, 0.2) is 0 Å². The summed E-state index contributed by atoms with van der Waals surface area (Å²) in [5.41, 5.74) is 0. The fraction of sp³-hybridized carbons (Fsp3) is 0.917. The molecular weight excluding hydrogens is 188 g/mol. The Balaban J connectivity index is 2.22. The first-order valence-electron chi connectivity index (χ1n) is 5.97. The first-order chi connectivity index (χ1) is 6.44. The Morgan fingerprint density at radius 2 is 2.00 bits per heavy atom. The fourth-order valence-electron chi connectivity index (χ4n) is 2.19. The van der Waals surface area contributed by atoms with Gasteiger partial charge in [-0.15, -0.1) is 0 Å². The molecule has 0 heterocycles. The molecule has 2 unspecified atom stereocenters. The second kappa shape index (κ2) is 4.60. The van der Waals surface area contributed by atoms with Crippen molar-refractivity contribution in [3.05, 3.63) is 0 Å². The molecule has 0 saturated heterocycles. The van der Waals surface area contributed by atoms with Gasteiger partial charge >= 0.3 is 0 Å². The Bertz CT molecular complexity index is 205. The normalized spacial score (nSPS) is 26.3. The van der Waals surface area contributed by atoms with Crippen molar-refractivity contribution in [3.8, 4) is 0 Å². The second-order valence-electron chi connectivity index (χ2n) is 5.94. The summed E-state index contributed by atoms with van der Waals surface area (Å²) in [6.07, 6.45) is 4.28. The molecule has 1 saturated carbocycles. The number of unbranched alkanes of at least 4 members (excludes halogenated alkanes) is 1. The summed E-state index contributed by atoms with van der Waals surface area (Å²) in [5, 5.41) is 0. The summed E-state index contributed by atoms with van der Waals surface area (Å²) in [6, 6.07) is 1.36. The van der Waals surface area contributed by atoms with Crippen LogP contribution in [-0.4, -0.2) is 13.9 Å². The average molecular weight is 212 g/mol. The van der Waals surface area contributed by atoms with Crippen LogP contribution in [0.3, 0.4) is 0 Å². The minimum Gasteiger partial charge on any atom is -0.299 e. The Morgan fingerprint density at radius 1 is 1.36 bits per heavy atom. The van der Waals surface area contributed by atoms with Gasteiger partial charge in [0.2, 0.25) is 0 Å². The highest BCUT2D eigenvalue weighted by molar-refractivity contribution is 6.76. The van der Waals surface area contributed by atoms with Crippen molar-refractivity contribution in [1.82, 2.24) is 0 Å². The molecule has 82 valence electrons. The molecule has 1 nitrogen and oxygen atoms in total. The summed E-state index contributed by atoms with van der Waals surface area (Å²) >= 11 is 0. The number of Topliss-reactive ketones (excluding diaryl/α,β-unsaturated/α-hetero) is 1. The van der Waals surface area contributed by atoms with Gasteiger partial charge in [0.05, 0.1) is 0 Å². The molecule has 2 atom stereocenters. The molecule has 0 aromatic heterocycles. The lowest BCUT2D eigenvalue weighted by atomic mass is 10.1. The van der Waals surface area contributed by atoms with Crippen molar-refractivity contribution >= 4 is 13.9 Å². The van der Waals surface area contributed by atoms with Gasteiger partial charge in [0.1, 0.15) is 5.78 Å². The summed E-state index contributed by atoms with van der Waals surface area (Å²) < 4.78 is 0. The number of ketones is 1. The van der Waals surface area contributed by atoms with Gasteiger partial charge in [-0.3, -0.25) is 4.79 Å². The van der Waals surface area contributed by atoms with E-state index >= 15 is 0 Å². The third-order valence-corrected chi connectivity index (χ3v) is 4.74. The van der Waals surface area contributed by atoms with Crippen LogP contribution in [0.5, 0.6) is 0 Å². The van der Waals surface area contributed by atoms with Crippen molar-refractivity contribution in [1.29, 1.82) is 0 Å². The van der Waals surface area contributed by atoms with Gasteiger partial charge in [0.25, 0.3) is 0 Å². The molecule has 14 heavy (non-hydrogen) atoms. The van der Waals surface area contributed by atoms with Crippen LogP contribution in [0, 0.1) is 11.8 Å². The largest absolute Gasteiger partial charge is 0.299 e. The second-order valence-corrected chi connectivity index (χ2v) is 11.5. The Labute approximate surface area is 89.3 Å². The molecule has 0 radical (unpaired) electrons. The van der Waals surface area contributed by atoms with Crippen molar-refractivity contribution in [3.63, 3.8) is 0 Å². The van der Waals surface area contributed by atoms with E-state index in [1.165, 1.54) is 12.5 Å². The predicted molar refractivity (Wildman–Crippen MR) is 64.3 cm³/mol. The molecule has 0 aromatic rings. The van der Waals surface area contributed by atoms with Crippen molar-refractivity contribution in [2.24, 2.45) is 11.8 Å². The lowest BCUT2D eigenvalue weighted by molar-refractivity contribution is -0.120. The molecular formula is C12H24OSi. The number of hydrogen-bond donors (Lipinski definition) is 0. The molecule has 0 aliphatic heterocycles. The van der Waals surface area contributed by atoms with Crippen LogP contribution in [0.1, 0.15) is 32.6 Å². The number of carbonyl (C=O) groups is 1. The zero-order chi connectivity index (χ0) is 10.8. The Morgan fingerprint density at radius 3 is 2.50 bits per heavy atom. The van der Waals surface area contributed by atoms with Crippen LogP contribution in [-0.2, 0) is 4.79 Å². The maximum Gasteiger partial charge on any atom is 0.136 e. The van der Waals surface area contributed by atoms with E-state index in [-0.39, 0.29) is 0 Å². The van der Waals surface area contributed by atoms with Gasteiger partial charge in [-0.1, -0.05) is 39.0 Å². The third kappa shape index (κ3) is 3.95. The molecule has 1 fully saturated rings. The summed E-state index contributed by atoms with van der Waals surface area (Å²) in [4.78, 5) is 11.7. The molecule has 1 aliphatic carbocycles. The number of rotatable bonds is 6. The zero-order valence-electron chi connectivity index (χ0n) is 10.1. The fourth-order valence-corrected chi connectivity index (χ4v) is 4.21. The summed E-state index contributed by atoms with van der Waals surface area (Å²) in [6.45, 7) is 9.36. The van der Waals surface area contributed by atoms with E-state index in [0.29, 0.717) is 11.7 Å². The first kappa shape index (κ1) is 12.0. The van der Waals surface area contributed by atoms with E-state index in [4.69, 9.17) is 0 Å².